The molecule has 0 aromatic rings. The molecular formula is C13H28N2O. The Labute approximate surface area is 101 Å². The molecule has 0 amide bonds. The summed E-state index contributed by atoms with van der Waals surface area (Å²) in [5, 5.41) is 3.17. The van der Waals surface area contributed by atoms with E-state index in [1.165, 1.54) is 45.1 Å². The first kappa shape index (κ1) is 13.9. The van der Waals surface area contributed by atoms with Crippen molar-refractivity contribution in [2.75, 3.05) is 40.4 Å². The van der Waals surface area contributed by atoms with E-state index in [0.29, 0.717) is 6.04 Å². The number of nitrogens with zero attached hydrogens (tertiary/aromatic N) is 1. The number of likely N-dealkylation sites (N-methyl/N-ethyl adjacent to an activating group) is 1. The van der Waals surface area contributed by atoms with Gasteiger partial charge in [0.2, 0.25) is 0 Å². The molecule has 0 radical (unpaired) electrons. The summed E-state index contributed by atoms with van der Waals surface area (Å²) < 4.78 is 5.76. The normalized spacial score (nSPS) is 22.5. The van der Waals surface area contributed by atoms with Gasteiger partial charge in [-0.2, -0.15) is 0 Å². The zero-order valence-electron chi connectivity index (χ0n) is 11.0. The number of piperidine rings is 1. The molecule has 0 saturated carbocycles. The third-order valence-electron chi connectivity index (χ3n) is 3.45. The molecule has 1 N–H and O–H groups in total. The van der Waals surface area contributed by atoms with Crippen LogP contribution in [-0.2, 0) is 4.74 Å². The Hall–Kier alpha value is -0.120. The molecule has 0 aliphatic carbocycles. The van der Waals surface area contributed by atoms with Crippen LogP contribution in [0.3, 0.4) is 0 Å². The highest BCUT2D eigenvalue weighted by Crippen LogP contribution is 2.15. The van der Waals surface area contributed by atoms with Crippen molar-refractivity contribution in [2.24, 2.45) is 0 Å². The topological polar surface area (TPSA) is 24.5 Å². The van der Waals surface area contributed by atoms with Crippen molar-refractivity contribution >= 4 is 0 Å². The summed E-state index contributed by atoms with van der Waals surface area (Å²) in [6.45, 7) is 4.25. The maximum Gasteiger partial charge on any atom is 0.0621 e. The molecule has 16 heavy (non-hydrogen) atoms. The number of ether oxygens (including phenoxy) is 1. The Bertz CT molecular complexity index is 164. The molecule has 1 saturated heterocycles. The highest BCUT2D eigenvalue weighted by molar-refractivity contribution is 4.73. The summed E-state index contributed by atoms with van der Waals surface area (Å²) in [7, 11) is 4.23. The molecule has 0 spiro atoms. The maximum absolute atomic E-state index is 5.76. The van der Waals surface area contributed by atoms with Crippen LogP contribution < -0.4 is 5.32 Å². The second-order valence-electron chi connectivity index (χ2n) is 4.87. The first-order valence-electron chi connectivity index (χ1n) is 6.77. The van der Waals surface area contributed by atoms with Crippen LogP contribution in [0.25, 0.3) is 0 Å². The average Bonchev–Trinajstić information content (AvgIpc) is 2.30. The minimum Gasteiger partial charge on any atom is -0.380 e. The largest absolute Gasteiger partial charge is 0.380 e. The summed E-state index contributed by atoms with van der Waals surface area (Å²) >= 11 is 0. The number of nitrogens with one attached hydrogen (secondary N) is 1. The highest BCUT2D eigenvalue weighted by Gasteiger charge is 2.18. The monoisotopic (exact) mass is 228 g/mol. The molecule has 1 heterocycles. The van der Waals surface area contributed by atoms with Gasteiger partial charge in [0.15, 0.2) is 0 Å². The number of unbranched alkanes of at least 4 members (excludes halogenated alkanes) is 2. The maximum atomic E-state index is 5.76. The van der Waals surface area contributed by atoms with Crippen molar-refractivity contribution < 1.29 is 4.74 Å². The number of rotatable bonds is 8. The summed E-state index contributed by atoms with van der Waals surface area (Å²) in [4.78, 5) is 2.45. The lowest BCUT2D eigenvalue weighted by Gasteiger charge is -2.32. The fraction of sp³-hybridized carbons (Fsp3) is 1.00. The van der Waals surface area contributed by atoms with E-state index in [0.717, 1.165) is 19.8 Å². The minimum atomic E-state index is 0.672. The van der Waals surface area contributed by atoms with E-state index in [1.807, 2.05) is 7.05 Å². The lowest BCUT2D eigenvalue weighted by molar-refractivity contribution is 0.0512. The highest BCUT2D eigenvalue weighted by atomic mass is 16.5. The Morgan fingerprint density at radius 1 is 1.25 bits per heavy atom. The lowest BCUT2D eigenvalue weighted by atomic mass is 10.0. The third kappa shape index (κ3) is 5.83. The van der Waals surface area contributed by atoms with Crippen LogP contribution in [-0.4, -0.2) is 51.3 Å². The molecule has 0 aromatic heterocycles. The van der Waals surface area contributed by atoms with E-state index in [4.69, 9.17) is 4.74 Å². The van der Waals surface area contributed by atoms with Crippen molar-refractivity contribution in [1.82, 2.24) is 10.2 Å². The number of hydrogen-bond acceptors (Lipinski definition) is 3. The lowest BCUT2D eigenvalue weighted by Crippen LogP contribution is -2.39. The summed E-state index contributed by atoms with van der Waals surface area (Å²) in [6.07, 6.45) is 7.80. The average molecular weight is 228 g/mol. The fourth-order valence-electron chi connectivity index (χ4n) is 2.26. The Morgan fingerprint density at radius 2 is 2.12 bits per heavy atom. The molecule has 1 fully saturated rings. The fourth-order valence-corrected chi connectivity index (χ4v) is 2.26. The van der Waals surface area contributed by atoms with Gasteiger partial charge in [-0.25, -0.2) is 0 Å². The number of hydrogen-bond donors (Lipinski definition) is 1. The van der Waals surface area contributed by atoms with Gasteiger partial charge >= 0.3 is 0 Å². The molecule has 3 nitrogen and oxygen atoms in total. The number of likely N-dealkylation sites (tertiary alicyclic amines) is 1. The van der Waals surface area contributed by atoms with Gasteiger partial charge < -0.3 is 15.0 Å². The minimum absolute atomic E-state index is 0.672. The molecule has 1 atom stereocenters. The summed E-state index contributed by atoms with van der Waals surface area (Å²) in [5.74, 6) is 0. The second kappa shape index (κ2) is 8.97. The first-order valence-corrected chi connectivity index (χ1v) is 6.77. The van der Waals surface area contributed by atoms with E-state index in [9.17, 15) is 0 Å². The van der Waals surface area contributed by atoms with Crippen LogP contribution in [0.1, 0.15) is 38.5 Å². The summed E-state index contributed by atoms with van der Waals surface area (Å²) in [6, 6.07) is 0.672. The van der Waals surface area contributed by atoms with Crippen molar-refractivity contribution in [2.45, 2.75) is 44.6 Å². The second-order valence-corrected chi connectivity index (χ2v) is 4.87. The van der Waals surface area contributed by atoms with Gasteiger partial charge in [0, 0.05) is 12.6 Å². The van der Waals surface area contributed by atoms with Gasteiger partial charge in [-0.15, -0.1) is 0 Å². The van der Waals surface area contributed by atoms with Crippen molar-refractivity contribution in [3.8, 4) is 0 Å². The van der Waals surface area contributed by atoms with Crippen molar-refractivity contribution in [3.05, 3.63) is 0 Å². The molecule has 1 rings (SSSR count). The summed E-state index contributed by atoms with van der Waals surface area (Å²) in [5.41, 5.74) is 0. The van der Waals surface area contributed by atoms with E-state index in [1.54, 1.807) is 0 Å². The van der Waals surface area contributed by atoms with Crippen LogP contribution in [0.4, 0.5) is 0 Å². The Morgan fingerprint density at radius 3 is 2.88 bits per heavy atom. The van der Waals surface area contributed by atoms with Crippen LogP contribution in [0.15, 0.2) is 0 Å². The van der Waals surface area contributed by atoms with Gasteiger partial charge in [-0.05, 0) is 59.3 Å². The van der Waals surface area contributed by atoms with Crippen LogP contribution in [0.2, 0.25) is 0 Å². The van der Waals surface area contributed by atoms with Gasteiger partial charge in [0.25, 0.3) is 0 Å². The first-order chi connectivity index (χ1) is 7.84. The van der Waals surface area contributed by atoms with Crippen molar-refractivity contribution in [3.63, 3.8) is 0 Å². The van der Waals surface area contributed by atoms with E-state index < -0.39 is 0 Å². The van der Waals surface area contributed by atoms with Gasteiger partial charge in [-0.3, -0.25) is 0 Å². The van der Waals surface area contributed by atoms with Crippen LogP contribution in [0.5, 0.6) is 0 Å². The molecule has 0 bridgehead atoms. The van der Waals surface area contributed by atoms with Gasteiger partial charge in [0.1, 0.15) is 0 Å². The van der Waals surface area contributed by atoms with Gasteiger partial charge in [0.05, 0.1) is 6.61 Å². The zero-order valence-corrected chi connectivity index (χ0v) is 11.0. The molecule has 96 valence electrons. The Kier molecular flexibility index (Phi) is 7.81. The molecule has 1 aliphatic heterocycles. The smallest absolute Gasteiger partial charge is 0.0621 e. The molecule has 1 aliphatic rings. The SMILES string of the molecule is CNCCCCCOCC1CCCCN1C. The predicted molar refractivity (Wildman–Crippen MR) is 68.9 cm³/mol. The van der Waals surface area contributed by atoms with Crippen molar-refractivity contribution in [1.29, 1.82) is 0 Å². The van der Waals surface area contributed by atoms with Gasteiger partial charge in [-0.1, -0.05) is 6.42 Å². The van der Waals surface area contributed by atoms with Crippen LogP contribution in [0, 0.1) is 0 Å². The molecule has 0 aromatic carbocycles. The standard InChI is InChI=1S/C13H28N2O/c1-14-9-5-3-7-11-16-12-13-8-4-6-10-15(13)2/h13-14H,3-12H2,1-2H3. The predicted octanol–water partition coefficient (Wildman–Crippen LogP) is 1.88. The quantitative estimate of drug-likeness (QED) is 0.642. The van der Waals surface area contributed by atoms with Crippen LogP contribution >= 0.6 is 0 Å². The van der Waals surface area contributed by atoms with E-state index in [2.05, 4.69) is 17.3 Å². The molecular weight excluding hydrogens is 200 g/mol. The zero-order chi connectivity index (χ0) is 11.6. The van der Waals surface area contributed by atoms with E-state index in [-0.39, 0.29) is 0 Å². The Balaban J connectivity index is 1.90. The molecule has 1 unspecified atom stereocenters. The molecule has 3 heteroatoms. The van der Waals surface area contributed by atoms with E-state index >= 15 is 0 Å². The third-order valence-corrected chi connectivity index (χ3v) is 3.45.